The van der Waals surface area contributed by atoms with Crippen LogP contribution < -0.4 is 10.2 Å². The van der Waals surface area contributed by atoms with E-state index in [1.54, 1.807) is 0 Å². The summed E-state index contributed by atoms with van der Waals surface area (Å²) in [5, 5.41) is 22.6. The lowest BCUT2D eigenvalue weighted by Crippen LogP contribution is -2.33. The number of nitrogens with one attached hydrogen (secondary N) is 1. The third kappa shape index (κ3) is 5.10. The molecule has 0 aliphatic carbocycles. The molecule has 1 aliphatic rings. The number of aliphatic hydroxyl groups is 1. The molecule has 3 aromatic rings. The third-order valence-electron chi connectivity index (χ3n) is 5.59. The smallest absolute Gasteiger partial charge is 0.394 e. The van der Waals surface area contributed by atoms with Gasteiger partial charge in [0.1, 0.15) is 23.9 Å². The first kappa shape index (κ1) is 24.9. The number of nitriles is 1. The van der Waals surface area contributed by atoms with Crippen molar-refractivity contribution in [3.8, 4) is 6.07 Å². The normalized spacial score (nSPS) is 13.9. The Morgan fingerprint density at radius 1 is 1.21 bits per heavy atom. The average molecular weight is 470 g/mol. The quantitative estimate of drug-likeness (QED) is 0.570. The van der Waals surface area contributed by atoms with E-state index in [1.807, 2.05) is 25.1 Å². The van der Waals surface area contributed by atoms with Crippen LogP contribution in [-0.2, 0) is 19.1 Å². The van der Waals surface area contributed by atoms with Gasteiger partial charge >= 0.3 is 6.18 Å². The van der Waals surface area contributed by atoms with Crippen molar-refractivity contribution >= 4 is 11.5 Å². The number of nitrogens with zero attached hydrogens (tertiary/aromatic N) is 5. The molecule has 0 unspecified atom stereocenters. The first-order chi connectivity index (χ1) is 15.8. The van der Waals surface area contributed by atoms with Crippen LogP contribution in [0.5, 0.6) is 0 Å². The molecule has 0 radical (unpaired) electrons. The van der Waals surface area contributed by atoms with E-state index in [4.69, 9.17) is 0 Å². The van der Waals surface area contributed by atoms with Crippen LogP contribution in [0.15, 0.2) is 42.9 Å². The summed E-state index contributed by atoms with van der Waals surface area (Å²) in [6.45, 7) is 2.68. The predicted octanol–water partition coefficient (Wildman–Crippen LogP) is 4.41. The maximum absolute atomic E-state index is 12.8. The number of hydrogen-bond donors (Lipinski definition) is 2. The van der Waals surface area contributed by atoms with Gasteiger partial charge in [-0.05, 0) is 36.2 Å². The standard InChI is InChI=1S/C23H21F3N6O.CH4/c1-14-2-4-20(16(8-14)9-27)32-7-6-18-17(11-32)22(30-13-29-18)31-19(12-33)15-3-5-21(28-10-15)23(24,25)26;/h2-5,8,10,13,19,33H,6-7,11-12H2,1H3,(H,29,30,31);1H4/t19-;/m1./s1. The SMILES string of the molecule is C.Cc1ccc(N2CCc3ncnc(N[C@H](CO)c4ccc(C(F)(F)F)nc4)c3C2)c(C#N)c1. The Bertz CT molecular complexity index is 1190. The van der Waals surface area contributed by atoms with Crippen LogP contribution in [0.2, 0.25) is 0 Å². The van der Waals surface area contributed by atoms with Gasteiger partial charge in [0.2, 0.25) is 0 Å². The van der Waals surface area contributed by atoms with E-state index in [-0.39, 0.29) is 14.0 Å². The summed E-state index contributed by atoms with van der Waals surface area (Å²) in [7, 11) is 0. The number of anilines is 2. The van der Waals surface area contributed by atoms with E-state index in [9.17, 15) is 23.5 Å². The van der Waals surface area contributed by atoms with Crippen molar-refractivity contribution in [3.05, 3.63) is 76.5 Å². The zero-order valence-electron chi connectivity index (χ0n) is 17.8. The van der Waals surface area contributed by atoms with E-state index in [2.05, 4.69) is 31.2 Å². The van der Waals surface area contributed by atoms with Gasteiger partial charge < -0.3 is 15.3 Å². The lowest BCUT2D eigenvalue weighted by Gasteiger charge is -2.32. The Morgan fingerprint density at radius 2 is 2.00 bits per heavy atom. The molecule has 0 amide bonds. The van der Waals surface area contributed by atoms with Gasteiger partial charge in [0.15, 0.2) is 0 Å². The molecule has 1 aromatic carbocycles. The third-order valence-corrected chi connectivity index (χ3v) is 5.59. The molecule has 34 heavy (non-hydrogen) atoms. The predicted molar refractivity (Wildman–Crippen MR) is 122 cm³/mol. The fraction of sp³-hybridized carbons (Fsp3) is 0.333. The molecule has 1 atom stereocenters. The highest BCUT2D eigenvalue weighted by atomic mass is 19.4. The van der Waals surface area contributed by atoms with Gasteiger partial charge in [-0.25, -0.2) is 9.97 Å². The summed E-state index contributed by atoms with van der Waals surface area (Å²) in [5.41, 5.74) is 3.45. The molecule has 10 heteroatoms. The highest BCUT2D eigenvalue weighted by molar-refractivity contribution is 5.63. The number of aliphatic hydroxyl groups excluding tert-OH is 1. The molecule has 0 saturated carbocycles. The molecular weight excluding hydrogens is 445 g/mol. The molecule has 2 aromatic heterocycles. The summed E-state index contributed by atoms with van der Waals surface area (Å²) in [6.07, 6.45) is -1.38. The van der Waals surface area contributed by atoms with E-state index < -0.39 is 17.9 Å². The molecule has 2 N–H and O–H groups in total. The van der Waals surface area contributed by atoms with Gasteiger partial charge in [0.05, 0.1) is 29.6 Å². The van der Waals surface area contributed by atoms with Gasteiger partial charge in [0.25, 0.3) is 0 Å². The number of halogens is 3. The minimum atomic E-state index is -4.53. The number of benzene rings is 1. The Hall–Kier alpha value is -3.71. The maximum Gasteiger partial charge on any atom is 0.433 e. The van der Waals surface area contributed by atoms with Crippen LogP contribution in [0.25, 0.3) is 0 Å². The number of aromatic nitrogens is 3. The number of aryl methyl sites for hydroxylation is 1. The van der Waals surface area contributed by atoms with Crippen LogP contribution in [-0.4, -0.2) is 33.2 Å². The van der Waals surface area contributed by atoms with Crippen LogP contribution >= 0.6 is 0 Å². The molecule has 178 valence electrons. The van der Waals surface area contributed by atoms with E-state index in [0.29, 0.717) is 36.5 Å². The van der Waals surface area contributed by atoms with Gasteiger partial charge in [-0.3, -0.25) is 4.98 Å². The first-order valence-corrected chi connectivity index (χ1v) is 10.3. The topological polar surface area (TPSA) is 98.0 Å². The van der Waals surface area contributed by atoms with E-state index in [0.717, 1.165) is 34.8 Å². The van der Waals surface area contributed by atoms with Gasteiger partial charge in [-0.1, -0.05) is 19.6 Å². The number of fused-ring (bicyclic) bond motifs is 1. The second-order valence-corrected chi connectivity index (χ2v) is 7.81. The van der Waals surface area contributed by atoms with Crippen molar-refractivity contribution < 1.29 is 18.3 Å². The van der Waals surface area contributed by atoms with Crippen LogP contribution in [0.1, 0.15) is 47.1 Å². The summed E-state index contributed by atoms with van der Waals surface area (Å²) in [5.74, 6) is 0.481. The summed E-state index contributed by atoms with van der Waals surface area (Å²) in [6, 6.07) is 9.41. The molecule has 0 spiro atoms. The van der Waals surface area contributed by atoms with Gasteiger partial charge in [-0.2, -0.15) is 18.4 Å². The van der Waals surface area contributed by atoms with Crippen molar-refractivity contribution in [1.82, 2.24) is 15.0 Å². The fourth-order valence-corrected chi connectivity index (χ4v) is 3.86. The van der Waals surface area contributed by atoms with Crippen molar-refractivity contribution in [2.75, 3.05) is 23.4 Å². The lowest BCUT2D eigenvalue weighted by atomic mass is 10.0. The van der Waals surface area contributed by atoms with E-state index >= 15 is 0 Å². The van der Waals surface area contributed by atoms with Crippen molar-refractivity contribution in [1.29, 1.82) is 5.26 Å². The summed E-state index contributed by atoms with van der Waals surface area (Å²) in [4.78, 5) is 14.2. The molecule has 4 rings (SSSR count). The monoisotopic (exact) mass is 470 g/mol. The number of alkyl halides is 3. The van der Waals surface area contributed by atoms with Gasteiger partial charge in [0, 0.05) is 31.3 Å². The highest BCUT2D eigenvalue weighted by Gasteiger charge is 2.32. The highest BCUT2D eigenvalue weighted by Crippen LogP contribution is 2.32. The van der Waals surface area contributed by atoms with Crippen LogP contribution in [0.4, 0.5) is 24.7 Å². The Morgan fingerprint density at radius 3 is 2.65 bits per heavy atom. The Balaban J connectivity index is 0.00000324. The lowest BCUT2D eigenvalue weighted by molar-refractivity contribution is -0.141. The summed E-state index contributed by atoms with van der Waals surface area (Å²) < 4.78 is 38.5. The minimum absolute atomic E-state index is 0. The zero-order valence-corrected chi connectivity index (χ0v) is 17.8. The summed E-state index contributed by atoms with van der Waals surface area (Å²) >= 11 is 0. The second kappa shape index (κ2) is 10.1. The molecule has 3 heterocycles. The molecular formula is C24H25F3N6O. The average Bonchev–Trinajstić information content (AvgIpc) is 2.81. The van der Waals surface area contributed by atoms with Crippen molar-refractivity contribution in [3.63, 3.8) is 0 Å². The molecule has 0 fully saturated rings. The maximum atomic E-state index is 12.8. The van der Waals surface area contributed by atoms with Crippen molar-refractivity contribution in [2.24, 2.45) is 0 Å². The second-order valence-electron chi connectivity index (χ2n) is 7.81. The molecule has 0 bridgehead atoms. The Kier molecular flexibility index (Phi) is 7.37. The molecule has 0 saturated heterocycles. The largest absolute Gasteiger partial charge is 0.433 e. The van der Waals surface area contributed by atoms with Crippen molar-refractivity contribution in [2.45, 2.75) is 39.5 Å². The van der Waals surface area contributed by atoms with E-state index in [1.165, 1.54) is 12.4 Å². The van der Waals surface area contributed by atoms with Gasteiger partial charge in [-0.15, -0.1) is 0 Å². The molecule has 7 nitrogen and oxygen atoms in total. The first-order valence-electron chi connectivity index (χ1n) is 10.3. The number of hydrogen-bond acceptors (Lipinski definition) is 7. The Labute approximate surface area is 195 Å². The number of pyridine rings is 1. The van der Waals surface area contributed by atoms with Crippen LogP contribution in [0.3, 0.4) is 0 Å². The minimum Gasteiger partial charge on any atom is -0.394 e. The number of rotatable bonds is 5. The van der Waals surface area contributed by atoms with Crippen LogP contribution in [0, 0.1) is 18.3 Å². The zero-order chi connectivity index (χ0) is 23.6. The molecule has 1 aliphatic heterocycles. The fourth-order valence-electron chi connectivity index (χ4n) is 3.86.